The Labute approximate surface area is 139 Å². The number of nitrogens with zero attached hydrogens (tertiary/aromatic N) is 3. The summed E-state index contributed by atoms with van der Waals surface area (Å²) in [5.74, 6) is 2.85. The van der Waals surface area contributed by atoms with Gasteiger partial charge in [0.25, 0.3) is 5.91 Å². The van der Waals surface area contributed by atoms with E-state index in [4.69, 9.17) is 9.15 Å². The Morgan fingerprint density at radius 3 is 2.91 bits per heavy atom. The lowest BCUT2D eigenvalue weighted by atomic mass is 10.3. The second-order valence-electron chi connectivity index (χ2n) is 5.54. The van der Waals surface area contributed by atoms with Crippen molar-refractivity contribution in [2.24, 2.45) is 13.0 Å². The Morgan fingerprint density at radius 2 is 2.22 bits per heavy atom. The van der Waals surface area contributed by atoms with Crippen LogP contribution in [0.25, 0.3) is 0 Å². The second kappa shape index (κ2) is 8.16. The van der Waals surface area contributed by atoms with Gasteiger partial charge < -0.3 is 19.0 Å². The van der Waals surface area contributed by atoms with Crippen LogP contribution in [0.5, 0.6) is 0 Å². The van der Waals surface area contributed by atoms with Crippen molar-refractivity contribution in [1.29, 1.82) is 0 Å². The van der Waals surface area contributed by atoms with E-state index >= 15 is 0 Å². The molecule has 0 unspecified atom stereocenters. The summed E-state index contributed by atoms with van der Waals surface area (Å²) >= 11 is 1.66. The molecule has 2 heterocycles. The summed E-state index contributed by atoms with van der Waals surface area (Å²) in [6.07, 6.45) is 0. The van der Waals surface area contributed by atoms with Gasteiger partial charge in [-0.25, -0.2) is 0 Å². The van der Waals surface area contributed by atoms with Crippen LogP contribution in [-0.2, 0) is 24.9 Å². The average Bonchev–Trinajstić information content (AvgIpc) is 3.11. The quantitative estimate of drug-likeness (QED) is 0.743. The van der Waals surface area contributed by atoms with Crippen LogP contribution in [0.4, 0.5) is 0 Å². The number of hydrogen-bond donors (Lipinski definition) is 1. The van der Waals surface area contributed by atoms with Gasteiger partial charge in [-0.1, -0.05) is 25.6 Å². The van der Waals surface area contributed by atoms with Gasteiger partial charge in [-0.2, -0.15) is 0 Å². The van der Waals surface area contributed by atoms with E-state index in [1.807, 2.05) is 11.6 Å². The fourth-order valence-corrected chi connectivity index (χ4v) is 2.71. The van der Waals surface area contributed by atoms with Gasteiger partial charge >= 0.3 is 0 Å². The molecule has 0 atom stereocenters. The molecule has 0 aromatic carbocycles. The lowest BCUT2D eigenvalue weighted by Crippen LogP contribution is -2.24. The number of furan rings is 1. The number of carbonyl (C=O) groups excluding carboxylic acids is 1. The van der Waals surface area contributed by atoms with E-state index < -0.39 is 0 Å². The summed E-state index contributed by atoms with van der Waals surface area (Å²) in [6, 6.07) is 3.35. The molecular weight excluding hydrogens is 316 g/mol. The van der Waals surface area contributed by atoms with Gasteiger partial charge in [0.2, 0.25) is 0 Å². The van der Waals surface area contributed by atoms with Gasteiger partial charge in [0.05, 0.1) is 6.54 Å². The summed E-state index contributed by atoms with van der Waals surface area (Å²) in [5.41, 5.74) is 0. The first-order valence-corrected chi connectivity index (χ1v) is 8.36. The smallest absolute Gasteiger partial charge is 0.287 e. The molecule has 0 aliphatic rings. The monoisotopic (exact) mass is 338 g/mol. The number of ether oxygens (including phenoxy) is 1. The Balaban J connectivity index is 1.91. The molecule has 2 aromatic rings. The molecule has 1 N–H and O–H groups in total. The first-order valence-electron chi connectivity index (χ1n) is 7.38. The molecule has 0 saturated heterocycles. The van der Waals surface area contributed by atoms with Crippen LogP contribution < -0.4 is 5.32 Å². The molecule has 0 aliphatic heterocycles. The molecule has 0 aliphatic carbocycles. The third-order valence-corrected chi connectivity index (χ3v) is 4.50. The second-order valence-corrected chi connectivity index (χ2v) is 6.53. The Morgan fingerprint density at radius 1 is 1.43 bits per heavy atom. The summed E-state index contributed by atoms with van der Waals surface area (Å²) in [5, 5.41) is 11.9. The number of rotatable bonds is 8. The zero-order valence-electron chi connectivity index (χ0n) is 13.8. The third-order valence-electron chi connectivity index (χ3n) is 3.05. The molecule has 0 saturated carbocycles. The van der Waals surface area contributed by atoms with Crippen molar-refractivity contribution in [3.63, 3.8) is 0 Å². The molecule has 0 fully saturated rings. The van der Waals surface area contributed by atoms with Crippen molar-refractivity contribution in [1.82, 2.24) is 20.1 Å². The lowest BCUT2D eigenvalue weighted by Gasteiger charge is -2.06. The number of carbonyl (C=O) groups is 1. The zero-order chi connectivity index (χ0) is 16.8. The maximum Gasteiger partial charge on any atom is 0.287 e. The summed E-state index contributed by atoms with van der Waals surface area (Å²) in [6.45, 7) is 4.95. The number of thioether (sulfide) groups is 1. The Kier molecular flexibility index (Phi) is 6.23. The molecule has 23 heavy (non-hydrogen) atoms. The van der Waals surface area contributed by atoms with Crippen LogP contribution in [0, 0.1) is 5.92 Å². The zero-order valence-corrected chi connectivity index (χ0v) is 14.6. The van der Waals surface area contributed by atoms with Crippen molar-refractivity contribution in [3.8, 4) is 0 Å². The normalized spacial score (nSPS) is 11.2. The van der Waals surface area contributed by atoms with Crippen molar-refractivity contribution in [3.05, 3.63) is 29.5 Å². The average molecular weight is 338 g/mol. The molecule has 126 valence electrons. The Bertz CT molecular complexity index is 651. The maximum atomic E-state index is 12.1. The van der Waals surface area contributed by atoms with E-state index in [2.05, 4.69) is 29.4 Å². The van der Waals surface area contributed by atoms with Gasteiger partial charge in [0.15, 0.2) is 16.7 Å². The van der Waals surface area contributed by atoms with E-state index in [1.54, 1.807) is 31.0 Å². The largest absolute Gasteiger partial charge is 0.453 e. The molecule has 8 heteroatoms. The number of nitrogens with one attached hydrogen (secondary N) is 1. The molecule has 2 rings (SSSR count). The minimum Gasteiger partial charge on any atom is -0.453 e. The first kappa shape index (κ1) is 17.6. The summed E-state index contributed by atoms with van der Waals surface area (Å²) < 4.78 is 12.2. The highest BCUT2D eigenvalue weighted by Gasteiger charge is 2.14. The van der Waals surface area contributed by atoms with Gasteiger partial charge in [-0.15, -0.1) is 10.2 Å². The third kappa shape index (κ3) is 4.84. The predicted octanol–water partition coefficient (Wildman–Crippen LogP) is 2.23. The molecule has 2 aromatic heterocycles. The van der Waals surface area contributed by atoms with Crippen LogP contribution in [-0.4, -0.2) is 33.5 Å². The van der Waals surface area contributed by atoms with E-state index in [1.165, 1.54) is 0 Å². The van der Waals surface area contributed by atoms with Gasteiger partial charge in [0, 0.05) is 19.9 Å². The minimum absolute atomic E-state index is 0.258. The number of hydrogen-bond acceptors (Lipinski definition) is 6. The topological polar surface area (TPSA) is 82.2 Å². The van der Waals surface area contributed by atoms with Crippen LogP contribution in [0.1, 0.15) is 36.0 Å². The molecule has 7 nitrogen and oxygen atoms in total. The Hall–Kier alpha value is -1.80. The standard InChI is InChI=1S/C15H22N4O3S/c1-10(2)9-23-15-18-17-13(19(15)3)7-16-14(20)12-6-5-11(22-12)8-21-4/h5-6,10H,7-9H2,1-4H3,(H,16,20). The highest BCUT2D eigenvalue weighted by Crippen LogP contribution is 2.18. The molecule has 0 bridgehead atoms. The number of methoxy groups -OCH3 is 1. The van der Waals surface area contributed by atoms with Crippen LogP contribution in [0.3, 0.4) is 0 Å². The van der Waals surface area contributed by atoms with Crippen LogP contribution >= 0.6 is 11.8 Å². The van der Waals surface area contributed by atoms with Gasteiger partial charge in [0.1, 0.15) is 12.4 Å². The summed E-state index contributed by atoms with van der Waals surface area (Å²) in [7, 11) is 3.47. The minimum atomic E-state index is -0.285. The highest BCUT2D eigenvalue weighted by molar-refractivity contribution is 7.99. The van der Waals surface area contributed by atoms with E-state index in [-0.39, 0.29) is 11.7 Å². The molecule has 0 spiro atoms. The highest BCUT2D eigenvalue weighted by atomic mass is 32.2. The summed E-state index contributed by atoms with van der Waals surface area (Å²) in [4.78, 5) is 12.1. The van der Waals surface area contributed by atoms with Crippen LogP contribution in [0.15, 0.2) is 21.7 Å². The van der Waals surface area contributed by atoms with Crippen molar-refractivity contribution in [2.75, 3.05) is 12.9 Å². The number of amides is 1. The van der Waals surface area contributed by atoms with Gasteiger partial charge in [-0.05, 0) is 18.1 Å². The van der Waals surface area contributed by atoms with Crippen molar-refractivity contribution >= 4 is 17.7 Å². The van der Waals surface area contributed by atoms with E-state index in [0.717, 1.165) is 10.9 Å². The van der Waals surface area contributed by atoms with Crippen molar-refractivity contribution < 1.29 is 13.9 Å². The number of aromatic nitrogens is 3. The van der Waals surface area contributed by atoms with E-state index in [9.17, 15) is 4.79 Å². The van der Waals surface area contributed by atoms with Crippen molar-refractivity contribution in [2.45, 2.75) is 32.2 Å². The SMILES string of the molecule is COCc1ccc(C(=O)NCc2nnc(SCC(C)C)n2C)o1. The molecule has 0 radical (unpaired) electrons. The van der Waals surface area contributed by atoms with Gasteiger partial charge in [-0.3, -0.25) is 4.79 Å². The molecule has 1 amide bonds. The lowest BCUT2D eigenvalue weighted by molar-refractivity contribution is 0.0913. The fraction of sp³-hybridized carbons (Fsp3) is 0.533. The fourth-order valence-electron chi connectivity index (χ4n) is 1.83. The first-order chi connectivity index (χ1) is 11.0. The molecular formula is C15H22N4O3S. The predicted molar refractivity (Wildman–Crippen MR) is 87.2 cm³/mol. The maximum absolute atomic E-state index is 12.1. The van der Waals surface area contributed by atoms with Crippen LogP contribution in [0.2, 0.25) is 0 Å². The van der Waals surface area contributed by atoms with E-state index in [0.29, 0.717) is 30.7 Å².